The summed E-state index contributed by atoms with van der Waals surface area (Å²) in [6, 6.07) is 9.02. The molecule has 0 radical (unpaired) electrons. The minimum Gasteiger partial charge on any atom is -0.278 e. The molecule has 0 aliphatic carbocycles. The number of aryl methyl sites for hydroxylation is 1. The van der Waals surface area contributed by atoms with Crippen LogP contribution in [0.2, 0.25) is 5.15 Å². The zero-order valence-electron chi connectivity index (χ0n) is 14.2. The van der Waals surface area contributed by atoms with Gasteiger partial charge in [-0.1, -0.05) is 48.9 Å². The summed E-state index contributed by atoms with van der Waals surface area (Å²) < 4.78 is 1.77. The summed E-state index contributed by atoms with van der Waals surface area (Å²) in [6.07, 6.45) is 0.775. The van der Waals surface area contributed by atoms with Crippen molar-refractivity contribution in [1.82, 2.24) is 19.2 Å². The Morgan fingerprint density at radius 3 is 2.54 bits per heavy atom. The smallest absolute Gasteiger partial charge is 0.278 e. The van der Waals surface area contributed by atoms with Gasteiger partial charge in [-0.2, -0.15) is 4.68 Å². The Balaban J connectivity index is 2.27. The number of carbonyl (C=O) groups excluding carboxylic acids is 1. The molecule has 0 fully saturated rings. The summed E-state index contributed by atoms with van der Waals surface area (Å²) in [5, 5.41) is 0.0749. The third-order valence-electron chi connectivity index (χ3n) is 3.80. The second-order valence-corrected chi connectivity index (χ2v) is 6.03. The summed E-state index contributed by atoms with van der Waals surface area (Å²) in [7, 11) is 1.43. The third-order valence-corrected chi connectivity index (χ3v) is 4.06. The number of amides is 1. The van der Waals surface area contributed by atoms with Crippen LogP contribution < -0.4 is 16.7 Å². The quantitative estimate of drug-likeness (QED) is 0.750. The third kappa shape index (κ3) is 3.11. The number of hydrogen-bond acceptors (Lipinski definition) is 5. The van der Waals surface area contributed by atoms with Crippen molar-refractivity contribution < 1.29 is 4.79 Å². The van der Waals surface area contributed by atoms with Gasteiger partial charge in [0.15, 0.2) is 16.3 Å². The van der Waals surface area contributed by atoms with Crippen molar-refractivity contribution in [3.8, 4) is 11.3 Å². The topological polar surface area (TPSA) is 98.9 Å². The molecule has 1 N–H and O–H groups in total. The van der Waals surface area contributed by atoms with Crippen LogP contribution in [0.15, 0.2) is 39.9 Å². The van der Waals surface area contributed by atoms with E-state index >= 15 is 0 Å². The van der Waals surface area contributed by atoms with Gasteiger partial charge in [0.2, 0.25) is 5.91 Å². The highest BCUT2D eigenvalue weighted by Gasteiger charge is 2.18. The molecular formula is C17H16ClN5O3. The van der Waals surface area contributed by atoms with E-state index < -0.39 is 17.2 Å². The average molecular weight is 374 g/mol. The van der Waals surface area contributed by atoms with Crippen molar-refractivity contribution in [2.24, 2.45) is 7.05 Å². The summed E-state index contributed by atoms with van der Waals surface area (Å²) >= 11 is 6.21. The van der Waals surface area contributed by atoms with Crippen molar-refractivity contribution in [3.63, 3.8) is 0 Å². The lowest BCUT2D eigenvalue weighted by atomic mass is 10.1. The molecule has 8 nitrogen and oxygen atoms in total. The van der Waals surface area contributed by atoms with E-state index in [1.807, 2.05) is 25.1 Å². The highest BCUT2D eigenvalue weighted by Crippen LogP contribution is 2.25. The highest BCUT2D eigenvalue weighted by molar-refractivity contribution is 6.32. The maximum absolute atomic E-state index is 12.7. The second kappa shape index (κ2) is 7.09. The van der Waals surface area contributed by atoms with Crippen LogP contribution >= 0.6 is 11.6 Å². The van der Waals surface area contributed by atoms with Gasteiger partial charge in [0, 0.05) is 19.0 Å². The molecule has 26 heavy (non-hydrogen) atoms. The van der Waals surface area contributed by atoms with Gasteiger partial charge in [-0.05, 0) is 6.42 Å². The fraction of sp³-hybridized carbons (Fsp3) is 0.235. The van der Waals surface area contributed by atoms with Crippen LogP contribution in [0, 0.1) is 0 Å². The molecule has 0 unspecified atom stereocenters. The van der Waals surface area contributed by atoms with Crippen LogP contribution in [0.4, 0.5) is 0 Å². The SMILES string of the molecule is CCCC(=O)Nn1c(=O)c2nc(-c3ccccc3)c(Cl)nc2n(C)c1=O. The van der Waals surface area contributed by atoms with E-state index in [4.69, 9.17) is 11.6 Å². The van der Waals surface area contributed by atoms with E-state index in [1.54, 1.807) is 12.1 Å². The van der Waals surface area contributed by atoms with Gasteiger partial charge in [-0.15, -0.1) is 0 Å². The zero-order chi connectivity index (χ0) is 18.8. The molecule has 3 rings (SSSR count). The fourth-order valence-corrected chi connectivity index (χ4v) is 2.73. The van der Waals surface area contributed by atoms with Crippen molar-refractivity contribution >= 4 is 28.7 Å². The first kappa shape index (κ1) is 17.8. The first-order chi connectivity index (χ1) is 12.4. The van der Waals surface area contributed by atoms with E-state index in [0.29, 0.717) is 22.4 Å². The first-order valence-corrected chi connectivity index (χ1v) is 8.36. The lowest BCUT2D eigenvalue weighted by molar-refractivity contribution is -0.117. The molecule has 134 valence electrons. The number of aromatic nitrogens is 4. The van der Waals surface area contributed by atoms with E-state index in [0.717, 1.165) is 4.57 Å². The number of rotatable bonds is 4. The number of benzene rings is 1. The Labute approximate surface area is 153 Å². The molecule has 1 aromatic carbocycles. The molecule has 1 amide bonds. The summed E-state index contributed by atoms with van der Waals surface area (Å²) in [4.78, 5) is 45.5. The van der Waals surface area contributed by atoms with E-state index in [2.05, 4.69) is 15.4 Å². The zero-order valence-corrected chi connectivity index (χ0v) is 14.9. The number of nitrogens with one attached hydrogen (secondary N) is 1. The Bertz CT molecular complexity index is 1110. The van der Waals surface area contributed by atoms with Gasteiger partial charge in [-0.25, -0.2) is 14.8 Å². The first-order valence-electron chi connectivity index (χ1n) is 7.98. The normalized spacial score (nSPS) is 10.9. The van der Waals surface area contributed by atoms with E-state index in [-0.39, 0.29) is 22.7 Å². The van der Waals surface area contributed by atoms with Gasteiger partial charge in [0.1, 0.15) is 5.69 Å². The number of halogens is 1. The number of carbonyl (C=O) groups is 1. The molecule has 0 atom stereocenters. The monoisotopic (exact) mass is 373 g/mol. The van der Waals surface area contributed by atoms with Gasteiger partial charge in [0.05, 0.1) is 0 Å². The highest BCUT2D eigenvalue weighted by atomic mass is 35.5. The molecular weight excluding hydrogens is 358 g/mol. The van der Waals surface area contributed by atoms with Crippen molar-refractivity contribution in [2.75, 3.05) is 5.43 Å². The molecule has 0 aliphatic rings. The molecule has 0 saturated carbocycles. The molecule has 2 heterocycles. The van der Waals surface area contributed by atoms with Gasteiger partial charge >= 0.3 is 11.2 Å². The van der Waals surface area contributed by atoms with Gasteiger partial charge in [-0.3, -0.25) is 19.6 Å². The fourth-order valence-electron chi connectivity index (χ4n) is 2.50. The largest absolute Gasteiger partial charge is 0.351 e. The molecule has 9 heteroatoms. The van der Waals surface area contributed by atoms with Crippen molar-refractivity contribution in [1.29, 1.82) is 0 Å². The van der Waals surface area contributed by atoms with Gasteiger partial charge in [0.25, 0.3) is 0 Å². The number of nitrogens with zero attached hydrogens (tertiary/aromatic N) is 4. The number of fused-ring (bicyclic) bond motifs is 1. The molecule has 3 aromatic rings. The van der Waals surface area contributed by atoms with Crippen LogP contribution in [0.1, 0.15) is 19.8 Å². The van der Waals surface area contributed by atoms with Crippen molar-refractivity contribution in [3.05, 3.63) is 56.3 Å². The van der Waals surface area contributed by atoms with Crippen LogP contribution in [-0.2, 0) is 11.8 Å². The predicted octanol–water partition coefficient (Wildman–Crippen LogP) is 1.68. The Morgan fingerprint density at radius 1 is 1.19 bits per heavy atom. The molecule has 0 aliphatic heterocycles. The molecule has 0 bridgehead atoms. The standard InChI is InChI=1S/C17H16ClN5O3/c1-3-7-11(24)21-23-16(25)13-15(22(2)17(23)26)20-14(18)12(19-13)10-8-5-4-6-9-10/h4-6,8-9H,3,7H2,1-2H3,(H,21,24). The lowest BCUT2D eigenvalue weighted by Gasteiger charge is -2.12. The number of hydrogen-bond donors (Lipinski definition) is 1. The second-order valence-electron chi connectivity index (χ2n) is 5.67. The van der Waals surface area contributed by atoms with Crippen LogP contribution in [0.5, 0.6) is 0 Å². The lowest BCUT2D eigenvalue weighted by Crippen LogP contribution is -2.46. The maximum atomic E-state index is 12.7. The molecule has 2 aromatic heterocycles. The van der Waals surface area contributed by atoms with Crippen LogP contribution in [-0.4, -0.2) is 25.1 Å². The van der Waals surface area contributed by atoms with E-state index in [9.17, 15) is 14.4 Å². The molecule has 0 spiro atoms. The summed E-state index contributed by atoms with van der Waals surface area (Å²) in [6.45, 7) is 1.82. The van der Waals surface area contributed by atoms with Crippen LogP contribution in [0.25, 0.3) is 22.4 Å². The molecule has 0 saturated heterocycles. The predicted molar refractivity (Wildman–Crippen MR) is 98.8 cm³/mol. The van der Waals surface area contributed by atoms with Gasteiger partial charge < -0.3 is 0 Å². The summed E-state index contributed by atoms with van der Waals surface area (Å²) in [5.74, 6) is -0.434. The Kier molecular flexibility index (Phi) is 4.85. The van der Waals surface area contributed by atoms with Crippen LogP contribution in [0.3, 0.4) is 0 Å². The summed E-state index contributed by atoms with van der Waals surface area (Å²) in [5.41, 5.74) is 1.82. The van der Waals surface area contributed by atoms with Crippen molar-refractivity contribution in [2.45, 2.75) is 19.8 Å². The Hall–Kier alpha value is -3.00. The Morgan fingerprint density at radius 2 is 1.88 bits per heavy atom. The maximum Gasteiger partial charge on any atom is 0.351 e. The van der Waals surface area contributed by atoms with E-state index in [1.165, 1.54) is 7.05 Å². The minimum absolute atomic E-state index is 0.0469. The average Bonchev–Trinajstić information content (AvgIpc) is 2.64. The minimum atomic E-state index is -0.756.